The first-order valence-electron chi connectivity index (χ1n) is 11.7. The van der Waals surface area contributed by atoms with Crippen molar-refractivity contribution in [1.29, 1.82) is 0 Å². The van der Waals surface area contributed by atoms with Crippen molar-refractivity contribution in [3.8, 4) is 11.4 Å². The molecule has 0 saturated heterocycles. The number of fused-ring (bicyclic) bond motifs is 3. The maximum Gasteiger partial charge on any atom is 0.344 e. The number of ether oxygens (including phenoxy) is 3. The fourth-order valence-corrected chi connectivity index (χ4v) is 4.65. The Labute approximate surface area is 232 Å². The minimum Gasteiger partial charge on any atom is -0.492 e. The highest BCUT2D eigenvalue weighted by molar-refractivity contribution is 9.10. The molecule has 0 bridgehead atoms. The molecule has 12 nitrogen and oxygen atoms in total. The molecule has 1 N–H and O–H groups in total. The van der Waals surface area contributed by atoms with E-state index in [1.807, 2.05) is 29.7 Å². The maximum absolute atomic E-state index is 12.3. The summed E-state index contributed by atoms with van der Waals surface area (Å²) in [4.78, 5) is 37.7. The SMILES string of the molecule is COC(=O)COC(=O)CC[C@@H]1N=C(c2cc(OCCS(=O)(=O)O)ccn2)c2cc(Br)ccc2-n2c(C)cnc21. The molecule has 1 aliphatic rings. The van der Waals surface area contributed by atoms with Crippen molar-refractivity contribution in [1.82, 2.24) is 14.5 Å². The number of carbonyl (C=O) groups excluding carboxylic acids is 2. The summed E-state index contributed by atoms with van der Waals surface area (Å²) in [5.74, 6) is -0.842. The summed E-state index contributed by atoms with van der Waals surface area (Å²) in [6.45, 7) is 1.19. The van der Waals surface area contributed by atoms with E-state index in [9.17, 15) is 18.0 Å². The van der Waals surface area contributed by atoms with Crippen molar-refractivity contribution in [2.75, 3.05) is 26.1 Å². The van der Waals surface area contributed by atoms with E-state index in [1.165, 1.54) is 13.3 Å². The first kappa shape index (κ1) is 28.4. The summed E-state index contributed by atoms with van der Waals surface area (Å²) < 4.78 is 48.9. The van der Waals surface area contributed by atoms with Gasteiger partial charge in [0.05, 0.1) is 24.2 Å². The fraction of sp³-hybridized carbons (Fsp3) is 0.320. The van der Waals surface area contributed by atoms with Crippen LogP contribution in [-0.2, 0) is 29.2 Å². The van der Waals surface area contributed by atoms with E-state index in [-0.39, 0.29) is 19.4 Å². The van der Waals surface area contributed by atoms with Crippen molar-refractivity contribution in [3.63, 3.8) is 0 Å². The van der Waals surface area contributed by atoms with Gasteiger partial charge in [-0.3, -0.25) is 23.9 Å². The number of aryl methyl sites for hydroxylation is 1. The lowest BCUT2D eigenvalue weighted by atomic mass is 10.0. The lowest BCUT2D eigenvalue weighted by Crippen LogP contribution is -2.16. The number of imidazole rings is 1. The van der Waals surface area contributed by atoms with Gasteiger partial charge in [0.15, 0.2) is 6.61 Å². The van der Waals surface area contributed by atoms with Crippen molar-refractivity contribution < 1.29 is 36.8 Å². The van der Waals surface area contributed by atoms with Crippen molar-refractivity contribution in [2.24, 2.45) is 4.99 Å². The molecule has 4 rings (SSSR count). The molecule has 0 unspecified atom stereocenters. The molecule has 0 saturated carbocycles. The third-order valence-electron chi connectivity index (χ3n) is 5.79. The maximum atomic E-state index is 12.3. The highest BCUT2D eigenvalue weighted by Crippen LogP contribution is 2.35. The number of benzene rings is 1. The second kappa shape index (κ2) is 12.1. The monoisotopic (exact) mass is 620 g/mol. The lowest BCUT2D eigenvalue weighted by Gasteiger charge is -2.14. The van der Waals surface area contributed by atoms with Crippen LogP contribution in [0.25, 0.3) is 5.69 Å². The van der Waals surface area contributed by atoms with Crippen LogP contribution in [-0.4, -0.2) is 71.2 Å². The van der Waals surface area contributed by atoms with E-state index < -0.39 is 40.5 Å². The number of aliphatic imine (C=N–C) groups is 1. The summed E-state index contributed by atoms with van der Waals surface area (Å²) in [5.41, 5.74) is 3.35. The van der Waals surface area contributed by atoms with Crippen LogP contribution < -0.4 is 4.74 Å². The standard InChI is InChI=1S/C25H25BrN4O8S/c1-15-13-28-25-19(4-6-22(31)38-14-23(32)36-2)29-24(18-11-16(26)3-5-21(18)30(15)25)20-12-17(7-8-27-20)37-9-10-39(33,34)35/h3,5,7-8,11-13,19H,4,6,9-10,14H2,1-2H3,(H,33,34,35)/t19-/m0/s1. The quantitative estimate of drug-likeness (QED) is 0.263. The van der Waals surface area contributed by atoms with Gasteiger partial charge in [0, 0.05) is 40.6 Å². The van der Waals surface area contributed by atoms with E-state index in [2.05, 4.69) is 30.6 Å². The molecule has 0 fully saturated rings. The number of pyridine rings is 1. The summed E-state index contributed by atoms with van der Waals surface area (Å²) in [6.07, 6.45) is 3.44. The van der Waals surface area contributed by atoms with E-state index in [4.69, 9.17) is 19.0 Å². The number of aromatic nitrogens is 3. The fourth-order valence-electron chi connectivity index (χ4n) is 4.00. The zero-order valence-corrected chi connectivity index (χ0v) is 23.4. The highest BCUT2D eigenvalue weighted by atomic mass is 79.9. The van der Waals surface area contributed by atoms with Crippen LogP contribution in [0.4, 0.5) is 0 Å². The smallest absolute Gasteiger partial charge is 0.344 e. The van der Waals surface area contributed by atoms with Gasteiger partial charge in [-0.25, -0.2) is 9.78 Å². The highest BCUT2D eigenvalue weighted by Gasteiger charge is 2.28. The normalized spacial score (nSPS) is 14.5. The van der Waals surface area contributed by atoms with Crippen molar-refractivity contribution >= 4 is 43.7 Å². The van der Waals surface area contributed by atoms with Crippen LogP contribution in [0.1, 0.15) is 41.7 Å². The molecular weight excluding hydrogens is 596 g/mol. The second-order valence-electron chi connectivity index (χ2n) is 8.53. The van der Waals surface area contributed by atoms with Crippen LogP contribution in [0, 0.1) is 6.92 Å². The third kappa shape index (κ3) is 7.07. The Hall–Kier alpha value is -3.62. The number of methoxy groups -OCH3 is 1. The minimum atomic E-state index is -4.18. The van der Waals surface area contributed by atoms with Crippen LogP contribution in [0.3, 0.4) is 0 Å². The molecule has 0 amide bonds. The largest absolute Gasteiger partial charge is 0.492 e. The minimum absolute atomic E-state index is 0.0311. The molecule has 0 aliphatic carbocycles. The summed E-state index contributed by atoms with van der Waals surface area (Å²) in [6, 6.07) is 8.33. The number of carbonyl (C=O) groups is 2. The van der Waals surface area contributed by atoms with Gasteiger partial charge in [-0.2, -0.15) is 8.42 Å². The van der Waals surface area contributed by atoms with Crippen LogP contribution in [0.5, 0.6) is 5.75 Å². The molecule has 2 aromatic heterocycles. The Balaban J connectivity index is 1.72. The van der Waals surface area contributed by atoms with Gasteiger partial charge in [0.25, 0.3) is 10.1 Å². The van der Waals surface area contributed by atoms with Crippen molar-refractivity contribution in [2.45, 2.75) is 25.8 Å². The second-order valence-corrected chi connectivity index (χ2v) is 11.0. The molecule has 0 spiro atoms. The molecule has 3 heterocycles. The predicted octanol–water partition coefficient (Wildman–Crippen LogP) is 2.99. The Morgan fingerprint density at radius 2 is 1.95 bits per heavy atom. The van der Waals surface area contributed by atoms with Gasteiger partial charge in [-0.15, -0.1) is 0 Å². The molecule has 1 aromatic carbocycles. The van der Waals surface area contributed by atoms with Gasteiger partial charge in [-0.05, 0) is 37.6 Å². The molecule has 39 heavy (non-hydrogen) atoms. The molecular formula is C25H25BrN4O8S. The van der Waals surface area contributed by atoms with Gasteiger partial charge >= 0.3 is 11.9 Å². The first-order valence-corrected chi connectivity index (χ1v) is 14.1. The molecule has 3 aromatic rings. The number of halogens is 1. The molecule has 14 heteroatoms. The average molecular weight is 621 g/mol. The number of hydrogen-bond acceptors (Lipinski definition) is 10. The van der Waals surface area contributed by atoms with Crippen LogP contribution in [0.2, 0.25) is 0 Å². The number of rotatable bonds is 10. The third-order valence-corrected chi connectivity index (χ3v) is 6.96. The van der Waals surface area contributed by atoms with Gasteiger partial charge in [0.2, 0.25) is 0 Å². The number of esters is 2. The molecule has 1 atom stereocenters. The lowest BCUT2D eigenvalue weighted by molar-refractivity contribution is -0.157. The zero-order chi connectivity index (χ0) is 28.2. The summed E-state index contributed by atoms with van der Waals surface area (Å²) in [7, 11) is -2.97. The number of hydrogen-bond donors (Lipinski definition) is 1. The number of nitrogens with zero attached hydrogens (tertiary/aromatic N) is 4. The molecule has 0 radical (unpaired) electrons. The molecule has 206 valence electrons. The van der Waals surface area contributed by atoms with Crippen molar-refractivity contribution in [3.05, 3.63) is 70.0 Å². The molecule has 1 aliphatic heterocycles. The van der Waals surface area contributed by atoms with E-state index >= 15 is 0 Å². The Morgan fingerprint density at radius 3 is 2.69 bits per heavy atom. The Kier molecular flexibility index (Phi) is 8.77. The first-order chi connectivity index (χ1) is 18.6. The van der Waals surface area contributed by atoms with E-state index in [0.29, 0.717) is 23.0 Å². The Morgan fingerprint density at radius 1 is 1.15 bits per heavy atom. The van der Waals surface area contributed by atoms with Crippen LogP contribution >= 0.6 is 15.9 Å². The summed E-state index contributed by atoms with van der Waals surface area (Å²) >= 11 is 3.53. The van der Waals surface area contributed by atoms with Crippen LogP contribution in [0.15, 0.2) is 52.2 Å². The topological polar surface area (TPSA) is 159 Å². The average Bonchev–Trinajstić information content (AvgIpc) is 3.21. The van der Waals surface area contributed by atoms with Gasteiger partial charge in [-0.1, -0.05) is 15.9 Å². The van der Waals surface area contributed by atoms with Gasteiger partial charge < -0.3 is 14.2 Å². The van der Waals surface area contributed by atoms with E-state index in [1.54, 1.807) is 18.3 Å². The van der Waals surface area contributed by atoms with Gasteiger partial charge in [0.1, 0.15) is 30.0 Å². The zero-order valence-electron chi connectivity index (χ0n) is 21.0. The summed E-state index contributed by atoms with van der Waals surface area (Å²) in [5, 5.41) is 0. The predicted molar refractivity (Wildman–Crippen MR) is 143 cm³/mol. The Bertz CT molecular complexity index is 1540. The van der Waals surface area contributed by atoms with E-state index in [0.717, 1.165) is 21.4 Å².